The van der Waals surface area contributed by atoms with Crippen molar-refractivity contribution in [2.45, 2.75) is 26.2 Å². The van der Waals surface area contributed by atoms with E-state index in [1.807, 2.05) is 67.6 Å². The Morgan fingerprint density at radius 3 is 2.39 bits per heavy atom. The second kappa shape index (κ2) is 8.21. The molecule has 3 aromatic rings. The number of benzene rings is 2. The summed E-state index contributed by atoms with van der Waals surface area (Å²) in [4.78, 5) is 24.6. The lowest BCUT2D eigenvalue weighted by Crippen LogP contribution is -2.31. The van der Waals surface area contributed by atoms with Crippen LogP contribution < -0.4 is 10.2 Å². The fourth-order valence-corrected chi connectivity index (χ4v) is 3.45. The van der Waals surface area contributed by atoms with Crippen LogP contribution in [0.1, 0.15) is 35.3 Å². The van der Waals surface area contributed by atoms with Gasteiger partial charge in [0.2, 0.25) is 0 Å². The Hall–Kier alpha value is -3.21. The molecule has 1 N–H and O–H groups in total. The first kappa shape index (κ1) is 18.2. The molecule has 0 saturated carbocycles. The van der Waals surface area contributed by atoms with Crippen molar-refractivity contribution in [2.75, 3.05) is 23.3 Å². The molecule has 0 aliphatic carbocycles. The first-order chi connectivity index (χ1) is 13.7. The zero-order valence-electron chi connectivity index (χ0n) is 16.1. The van der Waals surface area contributed by atoms with Gasteiger partial charge in [0, 0.05) is 30.4 Å². The molecule has 2 heterocycles. The summed E-state index contributed by atoms with van der Waals surface area (Å²) in [6.45, 7) is 3.90. The molecule has 1 aliphatic heterocycles. The summed E-state index contributed by atoms with van der Waals surface area (Å²) in [5.74, 6) is 1.19. The lowest BCUT2D eigenvalue weighted by Gasteiger charge is -2.28. The molecule has 0 atom stereocenters. The van der Waals surface area contributed by atoms with Gasteiger partial charge in [0.05, 0.1) is 0 Å². The zero-order valence-corrected chi connectivity index (χ0v) is 16.1. The van der Waals surface area contributed by atoms with Crippen LogP contribution >= 0.6 is 0 Å². The normalized spacial score (nSPS) is 14.0. The molecule has 28 heavy (non-hydrogen) atoms. The highest BCUT2D eigenvalue weighted by molar-refractivity contribution is 6.04. The van der Waals surface area contributed by atoms with Gasteiger partial charge < -0.3 is 10.2 Å². The predicted octanol–water partition coefficient (Wildman–Crippen LogP) is 4.69. The summed E-state index contributed by atoms with van der Waals surface area (Å²) in [6.07, 6.45) is 3.54. The highest BCUT2D eigenvalue weighted by Crippen LogP contribution is 2.24. The summed E-state index contributed by atoms with van der Waals surface area (Å²) in [5.41, 5.74) is 3.11. The summed E-state index contributed by atoms with van der Waals surface area (Å²) < 4.78 is 0. The molecule has 5 nitrogen and oxygen atoms in total. The number of rotatable bonds is 4. The van der Waals surface area contributed by atoms with E-state index in [-0.39, 0.29) is 5.91 Å². The standard InChI is InChI=1S/C23H24N4O/c1-17-10-6-7-13-19(17)25-23(28)20-16-21(27-14-8-3-9-15-27)26-22(24-20)18-11-4-2-5-12-18/h2,4-7,10-13,16H,3,8-9,14-15H2,1H3,(H,25,28). The van der Waals surface area contributed by atoms with E-state index >= 15 is 0 Å². The second-order valence-electron chi connectivity index (χ2n) is 7.12. The summed E-state index contributed by atoms with van der Waals surface area (Å²) in [7, 11) is 0. The smallest absolute Gasteiger partial charge is 0.274 e. The number of carbonyl (C=O) groups is 1. The Labute approximate surface area is 165 Å². The number of hydrogen-bond acceptors (Lipinski definition) is 4. The van der Waals surface area contributed by atoms with E-state index in [2.05, 4.69) is 15.2 Å². The van der Waals surface area contributed by atoms with E-state index in [4.69, 9.17) is 4.98 Å². The number of piperidine rings is 1. The van der Waals surface area contributed by atoms with Gasteiger partial charge in [-0.3, -0.25) is 4.79 Å². The maximum absolute atomic E-state index is 13.0. The van der Waals surface area contributed by atoms with E-state index in [1.54, 1.807) is 0 Å². The topological polar surface area (TPSA) is 58.1 Å². The molecule has 2 aromatic carbocycles. The van der Waals surface area contributed by atoms with Crippen molar-refractivity contribution in [3.63, 3.8) is 0 Å². The number of anilines is 2. The van der Waals surface area contributed by atoms with Crippen molar-refractivity contribution in [3.05, 3.63) is 71.9 Å². The van der Waals surface area contributed by atoms with Crippen molar-refractivity contribution in [1.29, 1.82) is 0 Å². The van der Waals surface area contributed by atoms with E-state index < -0.39 is 0 Å². The number of nitrogens with zero attached hydrogens (tertiary/aromatic N) is 3. The first-order valence-corrected chi connectivity index (χ1v) is 9.77. The molecule has 4 rings (SSSR count). The van der Waals surface area contributed by atoms with Crippen molar-refractivity contribution in [1.82, 2.24) is 9.97 Å². The molecule has 1 amide bonds. The van der Waals surface area contributed by atoms with Crippen LogP contribution in [-0.2, 0) is 0 Å². The van der Waals surface area contributed by atoms with Gasteiger partial charge in [0.25, 0.3) is 5.91 Å². The maximum Gasteiger partial charge on any atom is 0.274 e. The van der Waals surface area contributed by atoms with Crippen molar-refractivity contribution < 1.29 is 4.79 Å². The molecular formula is C23H24N4O. The third-order valence-electron chi connectivity index (χ3n) is 5.05. The largest absolute Gasteiger partial charge is 0.356 e. The monoisotopic (exact) mass is 372 g/mol. The molecule has 142 valence electrons. The van der Waals surface area contributed by atoms with Crippen LogP contribution in [-0.4, -0.2) is 29.0 Å². The minimum Gasteiger partial charge on any atom is -0.356 e. The van der Waals surface area contributed by atoms with Crippen LogP contribution in [0.5, 0.6) is 0 Å². The summed E-state index contributed by atoms with van der Waals surface area (Å²) in [5, 5.41) is 2.99. The van der Waals surface area contributed by atoms with E-state index in [1.165, 1.54) is 6.42 Å². The number of aryl methyl sites for hydroxylation is 1. The third kappa shape index (κ3) is 4.03. The number of carbonyl (C=O) groups excluding carboxylic acids is 1. The lowest BCUT2D eigenvalue weighted by atomic mass is 10.1. The Balaban J connectivity index is 1.71. The number of nitrogens with one attached hydrogen (secondary N) is 1. The number of para-hydroxylation sites is 1. The van der Waals surface area contributed by atoms with Gasteiger partial charge in [-0.2, -0.15) is 0 Å². The number of amides is 1. The van der Waals surface area contributed by atoms with Gasteiger partial charge in [-0.15, -0.1) is 0 Å². The SMILES string of the molecule is Cc1ccccc1NC(=O)c1cc(N2CCCCC2)nc(-c2ccccc2)n1. The van der Waals surface area contributed by atoms with Crippen LogP contribution in [0.15, 0.2) is 60.7 Å². The predicted molar refractivity (Wildman–Crippen MR) is 113 cm³/mol. The Kier molecular flexibility index (Phi) is 5.33. The van der Waals surface area contributed by atoms with Gasteiger partial charge in [-0.1, -0.05) is 48.5 Å². The van der Waals surface area contributed by atoms with Crippen molar-refractivity contribution >= 4 is 17.4 Å². The third-order valence-corrected chi connectivity index (χ3v) is 5.05. The first-order valence-electron chi connectivity index (χ1n) is 9.77. The molecule has 1 fully saturated rings. The number of hydrogen-bond donors (Lipinski definition) is 1. The number of aromatic nitrogens is 2. The van der Waals surface area contributed by atoms with Gasteiger partial charge in [-0.25, -0.2) is 9.97 Å². The van der Waals surface area contributed by atoms with Gasteiger partial charge in [-0.05, 0) is 37.8 Å². The Morgan fingerprint density at radius 1 is 0.929 bits per heavy atom. The van der Waals surface area contributed by atoms with Crippen LogP contribution in [0.25, 0.3) is 11.4 Å². The fraction of sp³-hybridized carbons (Fsp3) is 0.261. The second-order valence-corrected chi connectivity index (χ2v) is 7.12. The Morgan fingerprint density at radius 2 is 1.64 bits per heavy atom. The van der Waals surface area contributed by atoms with Gasteiger partial charge in [0.1, 0.15) is 11.5 Å². The zero-order chi connectivity index (χ0) is 19.3. The molecule has 1 aromatic heterocycles. The molecule has 1 saturated heterocycles. The van der Waals surface area contributed by atoms with Gasteiger partial charge in [0.15, 0.2) is 5.82 Å². The summed E-state index contributed by atoms with van der Waals surface area (Å²) >= 11 is 0. The molecule has 0 unspecified atom stereocenters. The van der Waals surface area contributed by atoms with Crippen LogP contribution in [0, 0.1) is 6.92 Å². The van der Waals surface area contributed by atoms with E-state index in [0.717, 1.165) is 48.6 Å². The van der Waals surface area contributed by atoms with E-state index in [0.29, 0.717) is 11.5 Å². The van der Waals surface area contributed by atoms with Crippen LogP contribution in [0.4, 0.5) is 11.5 Å². The highest BCUT2D eigenvalue weighted by atomic mass is 16.1. The molecule has 1 aliphatic rings. The summed E-state index contributed by atoms with van der Waals surface area (Å²) in [6, 6.07) is 19.4. The quantitative estimate of drug-likeness (QED) is 0.721. The fourth-order valence-electron chi connectivity index (χ4n) is 3.45. The molecule has 5 heteroatoms. The van der Waals surface area contributed by atoms with Crippen LogP contribution in [0.2, 0.25) is 0 Å². The van der Waals surface area contributed by atoms with E-state index in [9.17, 15) is 4.79 Å². The van der Waals surface area contributed by atoms with Crippen LogP contribution in [0.3, 0.4) is 0 Å². The molecule has 0 spiro atoms. The minimum absolute atomic E-state index is 0.216. The lowest BCUT2D eigenvalue weighted by molar-refractivity contribution is 0.102. The van der Waals surface area contributed by atoms with Crippen molar-refractivity contribution in [2.24, 2.45) is 0 Å². The Bertz CT molecular complexity index is 965. The highest BCUT2D eigenvalue weighted by Gasteiger charge is 2.18. The van der Waals surface area contributed by atoms with Gasteiger partial charge >= 0.3 is 0 Å². The minimum atomic E-state index is -0.216. The molecule has 0 bridgehead atoms. The molecule has 0 radical (unpaired) electrons. The van der Waals surface area contributed by atoms with Crippen molar-refractivity contribution in [3.8, 4) is 11.4 Å². The average molecular weight is 372 g/mol. The average Bonchev–Trinajstić information content (AvgIpc) is 2.76. The molecular weight excluding hydrogens is 348 g/mol. The maximum atomic E-state index is 13.0.